The van der Waals surface area contributed by atoms with Crippen molar-refractivity contribution in [3.05, 3.63) is 35.4 Å². The smallest absolute Gasteiger partial charge is 0.305 e. The van der Waals surface area contributed by atoms with Gasteiger partial charge < -0.3 is 9.57 Å². The summed E-state index contributed by atoms with van der Waals surface area (Å²) in [5, 5.41) is 12.8. The molecule has 0 aliphatic carbocycles. The summed E-state index contributed by atoms with van der Waals surface area (Å²) < 4.78 is 4.58. The van der Waals surface area contributed by atoms with Crippen LogP contribution in [0.2, 0.25) is 0 Å². The minimum atomic E-state index is -0.240. The van der Waals surface area contributed by atoms with E-state index >= 15 is 0 Å². The van der Waals surface area contributed by atoms with E-state index in [0.717, 1.165) is 11.3 Å². The van der Waals surface area contributed by atoms with Crippen LogP contribution in [-0.2, 0) is 14.4 Å². The summed E-state index contributed by atoms with van der Waals surface area (Å²) in [7, 11) is 1.37. The van der Waals surface area contributed by atoms with Crippen LogP contribution in [0.25, 0.3) is 0 Å². The van der Waals surface area contributed by atoms with E-state index in [9.17, 15) is 4.79 Å². The molecule has 19 heavy (non-hydrogen) atoms. The Hall–Kier alpha value is -2.35. The second-order valence-electron chi connectivity index (χ2n) is 4.27. The average molecular weight is 258 g/mol. The molecule has 2 rings (SSSR count). The molecule has 0 fully saturated rings. The maximum Gasteiger partial charge on any atom is 0.305 e. The van der Waals surface area contributed by atoms with Gasteiger partial charge in [-0.25, -0.2) is 0 Å². The van der Waals surface area contributed by atoms with Gasteiger partial charge in [0.05, 0.1) is 24.5 Å². The monoisotopic (exact) mass is 258 g/mol. The fourth-order valence-corrected chi connectivity index (χ4v) is 1.87. The molecule has 5 heteroatoms. The highest BCUT2D eigenvalue weighted by molar-refractivity contribution is 6.01. The third-order valence-electron chi connectivity index (χ3n) is 2.98. The molecule has 1 aliphatic heterocycles. The maximum atomic E-state index is 11.0. The largest absolute Gasteiger partial charge is 0.469 e. The van der Waals surface area contributed by atoms with Crippen LogP contribution in [0.4, 0.5) is 0 Å². The molecule has 0 spiro atoms. The third-order valence-corrected chi connectivity index (χ3v) is 2.98. The van der Waals surface area contributed by atoms with Crippen molar-refractivity contribution in [2.45, 2.75) is 25.4 Å². The van der Waals surface area contributed by atoms with Gasteiger partial charge in [-0.3, -0.25) is 4.79 Å². The highest BCUT2D eigenvalue weighted by Gasteiger charge is 2.22. The molecule has 0 amide bonds. The summed E-state index contributed by atoms with van der Waals surface area (Å²) in [6.45, 7) is 0. The minimum Gasteiger partial charge on any atom is -0.469 e. The van der Waals surface area contributed by atoms with Crippen molar-refractivity contribution in [3.63, 3.8) is 0 Å². The first-order valence-corrected chi connectivity index (χ1v) is 6.03. The summed E-state index contributed by atoms with van der Waals surface area (Å²) in [4.78, 5) is 16.3. The number of hydrogen-bond acceptors (Lipinski definition) is 5. The summed E-state index contributed by atoms with van der Waals surface area (Å²) in [6.07, 6.45) is 1.51. The molecule has 0 saturated heterocycles. The van der Waals surface area contributed by atoms with Crippen LogP contribution in [0, 0.1) is 11.3 Å². The Labute approximate surface area is 111 Å². The first-order valence-electron chi connectivity index (χ1n) is 6.03. The number of carbonyl (C=O) groups is 1. The SMILES string of the molecule is COC(=O)CCC1CC(c2ccc(C#N)cc2)=NO1. The van der Waals surface area contributed by atoms with Crippen LogP contribution in [-0.4, -0.2) is 24.9 Å². The number of nitrogens with zero attached hydrogens (tertiary/aromatic N) is 2. The molecule has 0 N–H and O–H groups in total. The molecule has 1 aromatic rings. The van der Waals surface area contributed by atoms with Crippen LogP contribution in [0.15, 0.2) is 29.4 Å². The van der Waals surface area contributed by atoms with Gasteiger partial charge in [0.25, 0.3) is 0 Å². The molecule has 1 atom stereocenters. The van der Waals surface area contributed by atoms with Gasteiger partial charge in [0.15, 0.2) is 0 Å². The predicted octanol–water partition coefficient (Wildman–Crippen LogP) is 2.00. The summed E-state index contributed by atoms with van der Waals surface area (Å²) in [5.41, 5.74) is 2.41. The second kappa shape index (κ2) is 6.01. The Bertz CT molecular complexity index is 529. The molecule has 0 bridgehead atoms. The molecule has 1 unspecified atom stereocenters. The van der Waals surface area contributed by atoms with Crippen molar-refractivity contribution in [2.75, 3.05) is 7.11 Å². The lowest BCUT2D eigenvalue weighted by Gasteiger charge is -2.06. The number of rotatable bonds is 4. The van der Waals surface area contributed by atoms with Crippen LogP contribution < -0.4 is 0 Å². The lowest BCUT2D eigenvalue weighted by Crippen LogP contribution is -2.11. The van der Waals surface area contributed by atoms with Gasteiger partial charge in [0, 0.05) is 12.8 Å². The Kier molecular flexibility index (Phi) is 4.14. The summed E-state index contributed by atoms with van der Waals surface area (Å²) in [5.74, 6) is -0.240. The molecule has 1 aromatic carbocycles. The number of methoxy groups -OCH3 is 1. The zero-order valence-corrected chi connectivity index (χ0v) is 10.6. The fraction of sp³-hybridized carbons (Fsp3) is 0.357. The Morgan fingerprint density at radius 3 is 2.89 bits per heavy atom. The zero-order chi connectivity index (χ0) is 13.7. The average Bonchev–Trinajstić information content (AvgIpc) is 2.93. The second-order valence-corrected chi connectivity index (χ2v) is 4.27. The number of ether oxygens (including phenoxy) is 1. The van der Waals surface area contributed by atoms with Crippen molar-refractivity contribution in [1.29, 1.82) is 5.26 Å². The molecule has 1 aliphatic rings. The van der Waals surface area contributed by atoms with Crippen LogP contribution in [0.5, 0.6) is 0 Å². The highest BCUT2D eigenvalue weighted by atomic mass is 16.6. The molecular weight excluding hydrogens is 244 g/mol. The van der Waals surface area contributed by atoms with Gasteiger partial charge in [-0.05, 0) is 24.1 Å². The molecule has 1 heterocycles. The van der Waals surface area contributed by atoms with E-state index in [-0.39, 0.29) is 12.1 Å². The molecule has 0 radical (unpaired) electrons. The van der Waals surface area contributed by atoms with Gasteiger partial charge in [0.1, 0.15) is 6.10 Å². The first kappa shape index (κ1) is 13.1. The number of oxime groups is 1. The van der Waals surface area contributed by atoms with Gasteiger partial charge >= 0.3 is 5.97 Å². The summed E-state index contributed by atoms with van der Waals surface area (Å²) in [6, 6.07) is 9.27. The quantitative estimate of drug-likeness (QED) is 0.774. The number of benzene rings is 1. The Morgan fingerprint density at radius 1 is 1.53 bits per heavy atom. The van der Waals surface area contributed by atoms with E-state index in [2.05, 4.69) is 16.0 Å². The minimum absolute atomic E-state index is 0.0789. The van der Waals surface area contributed by atoms with E-state index < -0.39 is 0 Å². The molecule has 0 aromatic heterocycles. The third kappa shape index (κ3) is 3.32. The molecule has 0 saturated carbocycles. The summed E-state index contributed by atoms with van der Waals surface area (Å²) >= 11 is 0. The van der Waals surface area contributed by atoms with E-state index in [1.54, 1.807) is 12.1 Å². The lowest BCUT2D eigenvalue weighted by atomic mass is 10.0. The van der Waals surface area contributed by atoms with Crippen molar-refractivity contribution < 1.29 is 14.4 Å². The van der Waals surface area contributed by atoms with E-state index in [4.69, 9.17) is 10.1 Å². The van der Waals surface area contributed by atoms with Crippen molar-refractivity contribution in [3.8, 4) is 6.07 Å². The van der Waals surface area contributed by atoms with E-state index in [1.807, 2.05) is 12.1 Å². The molecular formula is C14H14N2O3. The van der Waals surface area contributed by atoms with Gasteiger partial charge in [-0.1, -0.05) is 17.3 Å². The van der Waals surface area contributed by atoms with Crippen molar-refractivity contribution in [2.24, 2.45) is 5.16 Å². The topological polar surface area (TPSA) is 71.7 Å². The highest BCUT2D eigenvalue weighted by Crippen LogP contribution is 2.20. The van der Waals surface area contributed by atoms with E-state index in [1.165, 1.54) is 7.11 Å². The standard InChI is InChI=1S/C14H14N2O3/c1-18-14(17)7-6-12-8-13(16-19-12)11-4-2-10(9-15)3-5-11/h2-5,12H,6-8H2,1H3. The maximum absolute atomic E-state index is 11.0. The fourth-order valence-electron chi connectivity index (χ4n) is 1.87. The zero-order valence-electron chi connectivity index (χ0n) is 10.6. The van der Waals surface area contributed by atoms with Crippen LogP contribution >= 0.6 is 0 Å². The first-order chi connectivity index (χ1) is 9.22. The van der Waals surface area contributed by atoms with Gasteiger partial charge in [-0.15, -0.1) is 0 Å². The molecule has 5 nitrogen and oxygen atoms in total. The normalized spacial score (nSPS) is 17.3. The Morgan fingerprint density at radius 2 is 2.26 bits per heavy atom. The number of hydrogen-bond donors (Lipinski definition) is 0. The van der Waals surface area contributed by atoms with Crippen molar-refractivity contribution >= 4 is 11.7 Å². The number of nitriles is 1. The van der Waals surface area contributed by atoms with Gasteiger partial charge in [0.2, 0.25) is 0 Å². The van der Waals surface area contributed by atoms with Gasteiger partial charge in [-0.2, -0.15) is 5.26 Å². The van der Waals surface area contributed by atoms with Crippen LogP contribution in [0.1, 0.15) is 30.4 Å². The number of esters is 1. The lowest BCUT2D eigenvalue weighted by molar-refractivity contribution is -0.141. The number of carbonyl (C=O) groups excluding carboxylic acids is 1. The predicted molar refractivity (Wildman–Crippen MR) is 68.4 cm³/mol. The Balaban J connectivity index is 1.90. The van der Waals surface area contributed by atoms with Crippen molar-refractivity contribution in [1.82, 2.24) is 0 Å². The van der Waals surface area contributed by atoms with E-state index in [0.29, 0.717) is 24.8 Å². The van der Waals surface area contributed by atoms with Crippen LogP contribution in [0.3, 0.4) is 0 Å². The molecule has 98 valence electrons.